The predicted octanol–water partition coefficient (Wildman–Crippen LogP) is 4.84. The van der Waals surface area contributed by atoms with Crippen LogP contribution in [0.5, 0.6) is 11.5 Å². The van der Waals surface area contributed by atoms with Crippen molar-refractivity contribution < 1.29 is 23.5 Å². The maximum atomic E-state index is 14.5. The molecule has 4 rings (SSSR count). The molecular weight excluding hydrogens is 505 g/mol. The summed E-state index contributed by atoms with van der Waals surface area (Å²) in [5.74, 6) is -1.33. The number of rotatable bonds is 8. The first-order chi connectivity index (χ1) is 18.4. The Labute approximate surface area is 224 Å². The average Bonchev–Trinajstić information content (AvgIpc) is 2.91. The molecule has 190 valence electrons. The molecule has 0 aromatic heterocycles. The number of para-hydroxylation sites is 1. The second kappa shape index (κ2) is 11.5. The maximum Gasteiger partial charge on any atom is 0.270 e. The lowest BCUT2D eigenvalue weighted by atomic mass is 10.0. The van der Waals surface area contributed by atoms with Crippen molar-refractivity contribution in [3.8, 4) is 17.6 Å². The van der Waals surface area contributed by atoms with Crippen LogP contribution in [0, 0.1) is 17.1 Å². The van der Waals surface area contributed by atoms with Crippen molar-refractivity contribution in [2.45, 2.75) is 13.0 Å². The van der Waals surface area contributed by atoms with Crippen LogP contribution in [0.15, 0.2) is 78.9 Å². The Morgan fingerprint density at radius 3 is 2.58 bits per heavy atom. The summed E-state index contributed by atoms with van der Waals surface area (Å²) in [4.78, 5) is 27.0. The fourth-order valence-corrected chi connectivity index (χ4v) is 4.24. The van der Waals surface area contributed by atoms with Gasteiger partial charge in [0.05, 0.1) is 24.4 Å². The largest absolute Gasteiger partial charge is 0.493 e. The van der Waals surface area contributed by atoms with Crippen LogP contribution < -0.4 is 19.7 Å². The van der Waals surface area contributed by atoms with Gasteiger partial charge in [0.15, 0.2) is 16.6 Å². The predicted molar refractivity (Wildman–Crippen MR) is 145 cm³/mol. The highest BCUT2D eigenvalue weighted by atomic mass is 32.1. The lowest BCUT2D eigenvalue weighted by Gasteiger charge is -2.29. The number of nitriles is 1. The number of carbonyl (C=O) groups excluding carboxylic acids is 2. The summed E-state index contributed by atoms with van der Waals surface area (Å²) < 4.78 is 26.1. The quantitative estimate of drug-likeness (QED) is 0.195. The van der Waals surface area contributed by atoms with E-state index in [0.717, 1.165) is 4.90 Å². The highest BCUT2D eigenvalue weighted by molar-refractivity contribution is 7.80. The van der Waals surface area contributed by atoms with Gasteiger partial charge in [0.1, 0.15) is 18.0 Å². The number of methoxy groups -OCH3 is 1. The molecule has 1 saturated heterocycles. The molecule has 7 nitrogen and oxygen atoms in total. The number of allylic oxidation sites excluding steroid dienone is 1. The number of benzene rings is 3. The molecule has 9 heteroatoms. The number of nitrogens with zero attached hydrogens (tertiary/aromatic N) is 2. The lowest BCUT2D eigenvalue weighted by molar-refractivity contribution is -0.122. The second-order valence-electron chi connectivity index (χ2n) is 8.17. The maximum absolute atomic E-state index is 14.5. The van der Waals surface area contributed by atoms with E-state index in [1.165, 1.54) is 31.4 Å². The summed E-state index contributed by atoms with van der Waals surface area (Å²) in [7, 11) is 1.47. The monoisotopic (exact) mass is 527 g/mol. The Balaban J connectivity index is 1.72. The minimum atomic E-state index is -0.762. The van der Waals surface area contributed by atoms with Crippen LogP contribution in [0.1, 0.15) is 22.3 Å². The fraction of sp³-hybridized carbons (Fsp3) is 0.103. The van der Waals surface area contributed by atoms with E-state index in [0.29, 0.717) is 40.2 Å². The van der Waals surface area contributed by atoms with Gasteiger partial charge in [0.2, 0.25) is 0 Å². The highest BCUT2D eigenvalue weighted by Gasteiger charge is 2.35. The molecule has 0 unspecified atom stereocenters. The van der Waals surface area contributed by atoms with E-state index in [9.17, 15) is 19.2 Å². The van der Waals surface area contributed by atoms with Crippen molar-refractivity contribution in [1.82, 2.24) is 5.32 Å². The molecule has 1 aliphatic heterocycles. The molecule has 3 aromatic rings. The molecule has 0 atom stereocenters. The summed E-state index contributed by atoms with van der Waals surface area (Å²) in [6.45, 7) is 3.92. The Kier molecular flexibility index (Phi) is 7.94. The molecule has 2 amide bonds. The first kappa shape index (κ1) is 26.3. The topological polar surface area (TPSA) is 91.7 Å². The van der Waals surface area contributed by atoms with Gasteiger partial charge < -0.3 is 9.47 Å². The van der Waals surface area contributed by atoms with Crippen LogP contribution in [0.4, 0.5) is 10.1 Å². The zero-order chi connectivity index (χ0) is 27.2. The molecule has 38 heavy (non-hydrogen) atoms. The number of anilines is 1. The van der Waals surface area contributed by atoms with Crippen molar-refractivity contribution in [3.05, 3.63) is 107 Å². The van der Waals surface area contributed by atoms with E-state index < -0.39 is 17.6 Å². The standard InChI is InChI=1S/C29H22FN3O4S/c1-3-8-19-13-18(15-25(36-2)26(19)37-17-21-10-5-4-9-20(21)16-31)14-22-27(34)32-29(38)33(28(22)35)24-12-7-6-11-23(24)30/h3-7,9-15H,1,8,17H2,2H3,(H,32,34,38)/b22-14+. The Morgan fingerprint density at radius 1 is 1.13 bits per heavy atom. The number of halogens is 1. The molecule has 0 spiro atoms. The highest BCUT2D eigenvalue weighted by Crippen LogP contribution is 2.35. The van der Waals surface area contributed by atoms with Gasteiger partial charge >= 0.3 is 0 Å². The minimum absolute atomic E-state index is 0.0697. The normalized spacial score (nSPS) is 14.2. The van der Waals surface area contributed by atoms with E-state index in [-0.39, 0.29) is 23.0 Å². The van der Waals surface area contributed by atoms with Crippen molar-refractivity contribution in [2.24, 2.45) is 0 Å². The number of nitrogens with one attached hydrogen (secondary N) is 1. The number of carbonyl (C=O) groups is 2. The molecule has 0 saturated carbocycles. The SMILES string of the molecule is C=CCc1cc(/C=C2\C(=O)NC(=S)N(c3ccccc3F)C2=O)cc(OC)c1OCc1ccccc1C#N. The van der Waals surface area contributed by atoms with Crippen LogP contribution in [0.25, 0.3) is 6.08 Å². The summed E-state index contributed by atoms with van der Waals surface area (Å²) in [6, 6.07) is 18.3. The zero-order valence-corrected chi connectivity index (χ0v) is 21.2. The number of ether oxygens (including phenoxy) is 2. The van der Waals surface area contributed by atoms with E-state index in [2.05, 4.69) is 18.0 Å². The van der Waals surface area contributed by atoms with Gasteiger partial charge in [-0.25, -0.2) is 9.29 Å². The van der Waals surface area contributed by atoms with Crippen LogP contribution >= 0.6 is 12.2 Å². The van der Waals surface area contributed by atoms with Gasteiger partial charge in [-0.05, 0) is 60.6 Å². The third kappa shape index (κ3) is 5.31. The number of hydrogen-bond donors (Lipinski definition) is 1. The van der Waals surface area contributed by atoms with E-state index in [1.54, 1.807) is 42.5 Å². The van der Waals surface area contributed by atoms with Gasteiger partial charge in [-0.1, -0.05) is 36.4 Å². The summed E-state index contributed by atoms with van der Waals surface area (Å²) in [5.41, 5.74) is 2.07. The van der Waals surface area contributed by atoms with Crippen LogP contribution in [0.2, 0.25) is 0 Å². The molecule has 1 aliphatic rings. The smallest absolute Gasteiger partial charge is 0.270 e. The Hall–Kier alpha value is -4.81. The van der Waals surface area contributed by atoms with Gasteiger partial charge in [-0.3, -0.25) is 14.9 Å². The summed E-state index contributed by atoms with van der Waals surface area (Å²) >= 11 is 5.15. The zero-order valence-electron chi connectivity index (χ0n) is 20.4. The van der Waals surface area contributed by atoms with Gasteiger partial charge in [-0.15, -0.1) is 6.58 Å². The lowest BCUT2D eigenvalue weighted by Crippen LogP contribution is -2.54. The number of hydrogen-bond acceptors (Lipinski definition) is 6. The number of thiocarbonyl (C=S) groups is 1. The van der Waals surface area contributed by atoms with Gasteiger partial charge in [0, 0.05) is 11.1 Å². The Morgan fingerprint density at radius 2 is 1.87 bits per heavy atom. The van der Waals surface area contributed by atoms with Crippen LogP contribution in [0.3, 0.4) is 0 Å². The van der Waals surface area contributed by atoms with Crippen molar-refractivity contribution in [3.63, 3.8) is 0 Å². The van der Waals surface area contributed by atoms with E-state index in [4.69, 9.17) is 21.7 Å². The summed E-state index contributed by atoms with van der Waals surface area (Å²) in [5, 5.41) is 11.6. The molecule has 3 aromatic carbocycles. The summed E-state index contributed by atoms with van der Waals surface area (Å²) in [6.07, 6.45) is 3.46. The minimum Gasteiger partial charge on any atom is -0.493 e. The van der Waals surface area contributed by atoms with E-state index in [1.807, 2.05) is 6.07 Å². The fourth-order valence-electron chi connectivity index (χ4n) is 3.97. The van der Waals surface area contributed by atoms with Crippen molar-refractivity contribution in [2.75, 3.05) is 12.0 Å². The number of amides is 2. The second-order valence-corrected chi connectivity index (χ2v) is 8.56. The van der Waals surface area contributed by atoms with Gasteiger partial charge in [-0.2, -0.15) is 5.26 Å². The molecule has 0 bridgehead atoms. The third-order valence-electron chi connectivity index (χ3n) is 5.75. The van der Waals surface area contributed by atoms with E-state index >= 15 is 0 Å². The van der Waals surface area contributed by atoms with Crippen molar-refractivity contribution >= 4 is 40.9 Å². The molecule has 1 heterocycles. The van der Waals surface area contributed by atoms with Crippen molar-refractivity contribution in [1.29, 1.82) is 5.26 Å². The molecule has 1 fully saturated rings. The average molecular weight is 528 g/mol. The Bertz CT molecular complexity index is 1530. The van der Waals surface area contributed by atoms with Crippen LogP contribution in [-0.2, 0) is 22.6 Å². The molecular formula is C29H22FN3O4S. The first-order valence-corrected chi connectivity index (χ1v) is 11.9. The third-order valence-corrected chi connectivity index (χ3v) is 6.04. The molecule has 1 N–H and O–H groups in total. The molecule has 0 aliphatic carbocycles. The van der Waals surface area contributed by atoms with Gasteiger partial charge in [0.25, 0.3) is 11.8 Å². The van der Waals surface area contributed by atoms with Crippen LogP contribution in [-0.4, -0.2) is 24.0 Å². The molecule has 0 radical (unpaired) electrons. The first-order valence-electron chi connectivity index (χ1n) is 11.5.